The summed E-state index contributed by atoms with van der Waals surface area (Å²) >= 11 is 0. The number of aromatic nitrogens is 2. The van der Waals surface area contributed by atoms with E-state index >= 15 is 0 Å². The number of carbonyl (C=O) groups is 1. The van der Waals surface area contributed by atoms with Gasteiger partial charge in [-0.05, 0) is 5.92 Å². The van der Waals surface area contributed by atoms with Crippen LogP contribution in [-0.4, -0.2) is 22.1 Å². The van der Waals surface area contributed by atoms with E-state index in [1.165, 1.54) is 0 Å². The number of aromatic amines is 1. The topological polar surface area (TPSA) is 83.8 Å². The van der Waals surface area contributed by atoms with Gasteiger partial charge in [0.1, 0.15) is 0 Å². The quantitative estimate of drug-likeness (QED) is 0.657. The molecule has 1 amide bonds. The van der Waals surface area contributed by atoms with Crippen molar-refractivity contribution in [1.82, 2.24) is 15.5 Å². The van der Waals surface area contributed by atoms with Gasteiger partial charge in [-0.1, -0.05) is 20.3 Å². The van der Waals surface area contributed by atoms with Gasteiger partial charge in [-0.3, -0.25) is 9.89 Å². The highest BCUT2D eigenvalue weighted by atomic mass is 16.2. The predicted octanol–water partition coefficient (Wildman–Crippen LogP) is 0.399. The van der Waals surface area contributed by atoms with Gasteiger partial charge in [0.25, 0.3) is 0 Å². The van der Waals surface area contributed by atoms with Crippen LogP contribution in [-0.2, 0) is 11.3 Å². The second kappa shape index (κ2) is 5.50. The lowest BCUT2D eigenvalue weighted by Gasteiger charge is -2.17. The van der Waals surface area contributed by atoms with E-state index < -0.39 is 6.04 Å². The van der Waals surface area contributed by atoms with Crippen molar-refractivity contribution in [2.45, 2.75) is 32.9 Å². The molecule has 0 fully saturated rings. The molecule has 0 aromatic carbocycles. The van der Waals surface area contributed by atoms with Crippen LogP contribution in [0.1, 0.15) is 25.8 Å². The fourth-order valence-corrected chi connectivity index (χ4v) is 1.19. The van der Waals surface area contributed by atoms with Crippen LogP contribution in [0.25, 0.3) is 0 Å². The highest BCUT2D eigenvalue weighted by Crippen LogP contribution is 2.05. The van der Waals surface area contributed by atoms with E-state index in [9.17, 15) is 4.79 Å². The summed E-state index contributed by atoms with van der Waals surface area (Å²) in [4.78, 5) is 11.6. The van der Waals surface area contributed by atoms with Gasteiger partial charge in [-0.15, -0.1) is 0 Å². The highest BCUT2D eigenvalue weighted by Gasteiger charge is 2.18. The van der Waals surface area contributed by atoms with Gasteiger partial charge in [0.05, 0.1) is 12.2 Å². The summed E-state index contributed by atoms with van der Waals surface area (Å²) in [5.74, 6) is 0.0971. The normalized spacial score (nSPS) is 14.6. The third-order valence-electron chi connectivity index (χ3n) is 2.58. The lowest BCUT2D eigenvalue weighted by molar-refractivity contribution is -0.123. The molecule has 1 rings (SSSR count). The summed E-state index contributed by atoms with van der Waals surface area (Å²) in [7, 11) is 0. The summed E-state index contributed by atoms with van der Waals surface area (Å²) < 4.78 is 0. The molecular formula is C10H18N4O. The summed E-state index contributed by atoms with van der Waals surface area (Å²) in [6.45, 7) is 4.47. The molecular weight excluding hydrogens is 192 g/mol. The third-order valence-corrected chi connectivity index (χ3v) is 2.58. The Morgan fingerprint density at radius 2 is 2.47 bits per heavy atom. The maximum absolute atomic E-state index is 11.6. The van der Waals surface area contributed by atoms with Crippen LogP contribution in [0, 0.1) is 5.92 Å². The third kappa shape index (κ3) is 3.36. The van der Waals surface area contributed by atoms with Gasteiger partial charge in [0, 0.05) is 18.3 Å². The van der Waals surface area contributed by atoms with Crippen LogP contribution in [0.4, 0.5) is 0 Å². The van der Waals surface area contributed by atoms with Gasteiger partial charge in [-0.25, -0.2) is 0 Å². The molecule has 0 unspecified atom stereocenters. The molecule has 15 heavy (non-hydrogen) atoms. The van der Waals surface area contributed by atoms with Gasteiger partial charge in [0.2, 0.25) is 5.91 Å². The van der Waals surface area contributed by atoms with Crippen molar-refractivity contribution in [3.8, 4) is 0 Å². The van der Waals surface area contributed by atoms with Crippen LogP contribution in [0.2, 0.25) is 0 Å². The van der Waals surface area contributed by atoms with E-state index in [-0.39, 0.29) is 11.8 Å². The first-order valence-electron chi connectivity index (χ1n) is 5.16. The lowest BCUT2D eigenvalue weighted by Crippen LogP contribution is -2.44. The fourth-order valence-electron chi connectivity index (χ4n) is 1.19. The molecule has 1 heterocycles. The van der Waals surface area contributed by atoms with Crippen LogP contribution < -0.4 is 11.1 Å². The monoisotopic (exact) mass is 210 g/mol. The number of rotatable bonds is 5. The Morgan fingerprint density at radius 3 is 3.00 bits per heavy atom. The maximum atomic E-state index is 11.6. The predicted molar refractivity (Wildman–Crippen MR) is 57.9 cm³/mol. The molecule has 0 aliphatic rings. The minimum absolute atomic E-state index is 0.106. The first-order valence-corrected chi connectivity index (χ1v) is 5.16. The largest absolute Gasteiger partial charge is 0.351 e. The standard InChI is InChI=1S/C10H18N4O/c1-3-7(2)9(11)10(15)12-4-8-5-13-14-6-8/h5-7,9H,3-4,11H2,1-2H3,(H,12,15)(H,13,14)/t7-,9-/m0/s1. The molecule has 2 atom stereocenters. The Balaban J connectivity index is 2.36. The number of nitrogens with two attached hydrogens (primary N) is 1. The molecule has 0 saturated carbocycles. The molecule has 84 valence electrons. The Hall–Kier alpha value is -1.36. The van der Waals surface area contributed by atoms with Crippen molar-refractivity contribution in [3.63, 3.8) is 0 Å². The lowest BCUT2D eigenvalue weighted by atomic mass is 9.99. The molecule has 0 aliphatic heterocycles. The zero-order valence-corrected chi connectivity index (χ0v) is 9.16. The average Bonchev–Trinajstić information content (AvgIpc) is 2.76. The summed E-state index contributed by atoms with van der Waals surface area (Å²) in [5.41, 5.74) is 6.72. The van der Waals surface area contributed by atoms with Crippen LogP contribution in [0.5, 0.6) is 0 Å². The van der Waals surface area contributed by atoms with Gasteiger partial charge >= 0.3 is 0 Å². The highest BCUT2D eigenvalue weighted by molar-refractivity contribution is 5.81. The molecule has 4 N–H and O–H groups in total. The molecule has 0 saturated heterocycles. The Kier molecular flexibility index (Phi) is 4.30. The van der Waals surface area contributed by atoms with Crippen LogP contribution in [0.15, 0.2) is 12.4 Å². The number of H-pyrrole nitrogens is 1. The van der Waals surface area contributed by atoms with Gasteiger partial charge in [0.15, 0.2) is 0 Å². The van der Waals surface area contributed by atoms with Crippen molar-refractivity contribution >= 4 is 5.91 Å². The number of carbonyl (C=O) groups excluding carboxylic acids is 1. The second-order valence-corrected chi connectivity index (χ2v) is 3.74. The van der Waals surface area contributed by atoms with E-state index in [1.54, 1.807) is 12.4 Å². The van der Waals surface area contributed by atoms with Gasteiger partial charge < -0.3 is 11.1 Å². The number of hydrogen-bond acceptors (Lipinski definition) is 3. The summed E-state index contributed by atoms with van der Waals surface area (Å²) in [6.07, 6.45) is 4.32. The molecule has 0 aliphatic carbocycles. The van der Waals surface area contributed by atoms with E-state index in [0.29, 0.717) is 6.54 Å². The number of hydrogen-bond donors (Lipinski definition) is 3. The molecule has 1 aromatic rings. The van der Waals surface area contributed by atoms with E-state index in [2.05, 4.69) is 15.5 Å². The van der Waals surface area contributed by atoms with Crippen molar-refractivity contribution < 1.29 is 4.79 Å². The fraction of sp³-hybridized carbons (Fsp3) is 0.600. The van der Waals surface area contributed by atoms with E-state index in [4.69, 9.17) is 5.73 Å². The van der Waals surface area contributed by atoms with E-state index in [0.717, 1.165) is 12.0 Å². The molecule has 5 nitrogen and oxygen atoms in total. The maximum Gasteiger partial charge on any atom is 0.237 e. The van der Waals surface area contributed by atoms with Crippen molar-refractivity contribution in [2.75, 3.05) is 0 Å². The Morgan fingerprint density at radius 1 is 1.73 bits per heavy atom. The number of amides is 1. The molecule has 1 aromatic heterocycles. The molecule has 0 radical (unpaired) electrons. The minimum atomic E-state index is -0.429. The number of nitrogens with one attached hydrogen (secondary N) is 2. The van der Waals surface area contributed by atoms with Gasteiger partial charge in [-0.2, -0.15) is 5.10 Å². The molecule has 0 bridgehead atoms. The Bertz CT molecular complexity index is 296. The zero-order chi connectivity index (χ0) is 11.3. The Labute approximate surface area is 89.4 Å². The zero-order valence-electron chi connectivity index (χ0n) is 9.16. The van der Waals surface area contributed by atoms with Crippen LogP contribution in [0.3, 0.4) is 0 Å². The average molecular weight is 210 g/mol. The van der Waals surface area contributed by atoms with Crippen molar-refractivity contribution in [1.29, 1.82) is 0 Å². The smallest absolute Gasteiger partial charge is 0.237 e. The molecule has 0 spiro atoms. The van der Waals surface area contributed by atoms with Crippen LogP contribution >= 0.6 is 0 Å². The van der Waals surface area contributed by atoms with Crippen molar-refractivity contribution in [3.05, 3.63) is 18.0 Å². The summed E-state index contributed by atoms with van der Waals surface area (Å²) in [5, 5.41) is 9.25. The minimum Gasteiger partial charge on any atom is -0.351 e. The number of nitrogens with zero attached hydrogens (tertiary/aromatic N) is 1. The van der Waals surface area contributed by atoms with E-state index in [1.807, 2.05) is 13.8 Å². The van der Waals surface area contributed by atoms with Crippen molar-refractivity contribution in [2.24, 2.45) is 11.7 Å². The second-order valence-electron chi connectivity index (χ2n) is 3.74. The SMILES string of the molecule is CC[C@H](C)[C@H](N)C(=O)NCc1cn[nH]c1. The first kappa shape index (κ1) is 11.7. The molecule has 5 heteroatoms. The summed E-state index contributed by atoms with van der Waals surface area (Å²) in [6, 6.07) is -0.429. The first-order chi connectivity index (χ1) is 7.15.